The van der Waals surface area contributed by atoms with E-state index in [1.165, 1.54) is 11.1 Å². The van der Waals surface area contributed by atoms with Crippen molar-refractivity contribution < 1.29 is 9.47 Å². The number of hydrogen-bond acceptors (Lipinski definition) is 2. The van der Waals surface area contributed by atoms with E-state index in [0.717, 1.165) is 29.2 Å². The van der Waals surface area contributed by atoms with Crippen molar-refractivity contribution in [2.24, 2.45) is 0 Å². The second-order valence-corrected chi connectivity index (χ2v) is 5.43. The molecule has 0 bridgehead atoms. The average molecular weight is 322 g/mol. The van der Waals surface area contributed by atoms with Gasteiger partial charge in [-0.05, 0) is 68.2 Å². The monoisotopic (exact) mass is 322 g/mol. The highest BCUT2D eigenvalue weighted by Gasteiger charge is 2.08. The molecule has 0 saturated carbocycles. The molecule has 2 rings (SSSR count). The Balaban J connectivity index is 2.27. The molecule has 2 aromatic rings. The van der Waals surface area contributed by atoms with Crippen LogP contribution in [-0.2, 0) is 0 Å². The Bertz CT molecular complexity index is 709. The van der Waals surface area contributed by atoms with E-state index in [2.05, 4.69) is 32.1 Å². The summed E-state index contributed by atoms with van der Waals surface area (Å²) in [4.78, 5) is 0. The highest BCUT2D eigenvalue weighted by Crippen LogP contribution is 2.33. The molecule has 126 valence electrons. The fraction of sp³-hybridized carbons (Fsp3) is 0.273. The summed E-state index contributed by atoms with van der Waals surface area (Å²) in [6.07, 6.45) is 7.24. The Morgan fingerprint density at radius 1 is 0.958 bits per heavy atom. The summed E-state index contributed by atoms with van der Waals surface area (Å²) in [7, 11) is 0. The van der Waals surface area contributed by atoms with Gasteiger partial charge in [0.05, 0.1) is 6.61 Å². The summed E-state index contributed by atoms with van der Waals surface area (Å²) >= 11 is 0. The van der Waals surface area contributed by atoms with Crippen LogP contribution in [0, 0.1) is 0 Å². The van der Waals surface area contributed by atoms with E-state index in [4.69, 9.17) is 9.47 Å². The van der Waals surface area contributed by atoms with E-state index in [1.54, 1.807) is 0 Å². The molecule has 0 unspecified atom stereocenters. The Labute approximate surface area is 145 Å². The molecule has 0 radical (unpaired) electrons. The van der Waals surface area contributed by atoms with Crippen molar-refractivity contribution in [2.75, 3.05) is 6.61 Å². The standard InChI is InChI=1S/C22H26O2/c1-5-9-17-10-15-21(23-8-4)22(16-17)24-20-13-11-19(12-14-20)18(6-2)7-3/h5-6,9-16H,7-8H2,1-4H3/b9-5+,18-6+. The molecule has 0 aliphatic rings. The zero-order valence-corrected chi connectivity index (χ0v) is 15.0. The van der Waals surface area contributed by atoms with Crippen LogP contribution in [-0.4, -0.2) is 6.61 Å². The Morgan fingerprint density at radius 2 is 1.71 bits per heavy atom. The molecule has 0 N–H and O–H groups in total. The van der Waals surface area contributed by atoms with Crippen LogP contribution in [0.15, 0.2) is 54.6 Å². The predicted molar refractivity (Wildman–Crippen MR) is 103 cm³/mol. The second kappa shape index (κ2) is 8.97. The first-order chi connectivity index (χ1) is 11.7. The predicted octanol–water partition coefficient (Wildman–Crippen LogP) is 6.72. The van der Waals surface area contributed by atoms with Gasteiger partial charge in [-0.1, -0.05) is 43.4 Å². The van der Waals surface area contributed by atoms with Gasteiger partial charge in [0.15, 0.2) is 11.5 Å². The van der Waals surface area contributed by atoms with Gasteiger partial charge in [0.25, 0.3) is 0 Å². The number of benzene rings is 2. The largest absolute Gasteiger partial charge is 0.490 e. The summed E-state index contributed by atoms with van der Waals surface area (Å²) in [5.74, 6) is 2.31. The lowest BCUT2D eigenvalue weighted by Gasteiger charge is -2.13. The molecule has 0 heterocycles. The molecule has 0 aliphatic carbocycles. The van der Waals surface area contributed by atoms with Crippen LogP contribution < -0.4 is 9.47 Å². The highest BCUT2D eigenvalue weighted by molar-refractivity contribution is 5.65. The van der Waals surface area contributed by atoms with E-state index in [1.807, 2.05) is 56.3 Å². The van der Waals surface area contributed by atoms with Gasteiger partial charge in [-0.3, -0.25) is 0 Å². The Hall–Kier alpha value is -2.48. The summed E-state index contributed by atoms with van der Waals surface area (Å²) in [5.41, 5.74) is 3.67. The van der Waals surface area contributed by atoms with Crippen LogP contribution in [0.4, 0.5) is 0 Å². The smallest absolute Gasteiger partial charge is 0.169 e. The first kappa shape index (κ1) is 17.9. The third kappa shape index (κ3) is 4.51. The van der Waals surface area contributed by atoms with Gasteiger partial charge >= 0.3 is 0 Å². The third-order valence-corrected chi connectivity index (χ3v) is 3.81. The van der Waals surface area contributed by atoms with Crippen LogP contribution in [0.25, 0.3) is 11.6 Å². The first-order valence-corrected chi connectivity index (χ1v) is 8.54. The topological polar surface area (TPSA) is 18.5 Å². The maximum absolute atomic E-state index is 6.07. The zero-order chi connectivity index (χ0) is 17.4. The fourth-order valence-electron chi connectivity index (χ4n) is 2.61. The van der Waals surface area contributed by atoms with Crippen molar-refractivity contribution >= 4 is 11.6 Å². The maximum atomic E-state index is 6.07. The molecular weight excluding hydrogens is 296 g/mol. The number of allylic oxidation sites excluding steroid dienone is 3. The van der Waals surface area contributed by atoms with Gasteiger partial charge in [0.2, 0.25) is 0 Å². The summed E-state index contributed by atoms with van der Waals surface area (Å²) in [6.45, 7) is 8.83. The minimum atomic E-state index is 0.611. The van der Waals surface area contributed by atoms with Crippen molar-refractivity contribution in [1.29, 1.82) is 0 Å². The van der Waals surface area contributed by atoms with E-state index < -0.39 is 0 Å². The molecule has 0 aliphatic heterocycles. The Morgan fingerprint density at radius 3 is 2.29 bits per heavy atom. The van der Waals surface area contributed by atoms with Crippen molar-refractivity contribution in [1.82, 2.24) is 0 Å². The molecule has 2 aromatic carbocycles. The highest BCUT2D eigenvalue weighted by atomic mass is 16.5. The van der Waals surface area contributed by atoms with Crippen molar-refractivity contribution in [3.05, 3.63) is 65.7 Å². The molecule has 0 aromatic heterocycles. The number of rotatable bonds is 7. The summed E-state index contributed by atoms with van der Waals surface area (Å²) in [5, 5.41) is 0. The van der Waals surface area contributed by atoms with Gasteiger partial charge in [-0.2, -0.15) is 0 Å². The average Bonchev–Trinajstić information content (AvgIpc) is 2.60. The number of hydrogen-bond donors (Lipinski definition) is 0. The van der Waals surface area contributed by atoms with Crippen molar-refractivity contribution in [3.63, 3.8) is 0 Å². The van der Waals surface area contributed by atoms with Crippen molar-refractivity contribution in [3.8, 4) is 17.2 Å². The third-order valence-electron chi connectivity index (χ3n) is 3.81. The molecule has 0 atom stereocenters. The lowest BCUT2D eigenvalue weighted by atomic mass is 10.0. The van der Waals surface area contributed by atoms with Crippen LogP contribution in [0.1, 0.15) is 45.2 Å². The van der Waals surface area contributed by atoms with Crippen LogP contribution in [0.5, 0.6) is 17.2 Å². The summed E-state index contributed by atoms with van der Waals surface area (Å²) in [6, 6.07) is 14.2. The van der Waals surface area contributed by atoms with E-state index in [0.29, 0.717) is 6.61 Å². The van der Waals surface area contributed by atoms with Crippen LogP contribution in [0.2, 0.25) is 0 Å². The van der Waals surface area contributed by atoms with Gasteiger partial charge in [-0.25, -0.2) is 0 Å². The van der Waals surface area contributed by atoms with Gasteiger partial charge in [0.1, 0.15) is 5.75 Å². The minimum absolute atomic E-state index is 0.611. The van der Waals surface area contributed by atoms with Crippen molar-refractivity contribution in [2.45, 2.75) is 34.1 Å². The van der Waals surface area contributed by atoms with E-state index in [9.17, 15) is 0 Å². The molecule has 2 nitrogen and oxygen atoms in total. The number of ether oxygens (including phenoxy) is 2. The van der Waals surface area contributed by atoms with Gasteiger partial charge in [-0.15, -0.1) is 0 Å². The molecular formula is C22H26O2. The molecule has 0 spiro atoms. The van der Waals surface area contributed by atoms with Crippen LogP contribution in [0.3, 0.4) is 0 Å². The van der Waals surface area contributed by atoms with E-state index >= 15 is 0 Å². The molecule has 0 fully saturated rings. The van der Waals surface area contributed by atoms with Crippen LogP contribution >= 0.6 is 0 Å². The van der Waals surface area contributed by atoms with E-state index in [-0.39, 0.29) is 0 Å². The minimum Gasteiger partial charge on any atom is -0.490 e. The fourth-order valence-corrected chi connectivity index (χ4v) is 2.61. The lowest BCUT2D eigenvalue weighted by molar-refractivity contribution is 0.321. The zero-order valence-electron chi connectivity index (χ0n) is 15.0. The Kier molecular flexibility index (Phi) is 6.68. The first-order valence-electron chi connectivity index (χ1n) is 8.54. The molecule has 24 heavy (non-hydrogen) atoms. The summed E-state index contributed by atoms with van der Waals surface area (Å²) < 4.78 is 11.8. The van der Waals surface area contributed by atoms with Gasteiger partial charge < -0.3 is 9.47 Å². The van der Waals surface area contributed by atoms with Gasteiger partial charge in [0, 0.05) is 0 Å². The second-order valence-electron chi connectivity index (χ2n) is 5.43. The normalized spacial score (nSPS) is 11.8. The lowest BCUT2D eigenvalue weighted by Crippen LogP contribution is -1.95. The maximum Gasteiger partial charge on any atom is 0.169 e. The SMILES string of the molecule is C/C=C/c1ccc(OCC)c(Oc2ccc(/C(=C/C)CC)cc2)c1. The molecule has 2 heteroatoms. The molecule has 0 amide bonds. The quantitative estimate of drug-likeness (QED) is 0.563. The molecule has 0 saturated heterocycles.